The molecule has 1 aromatic heterocycles. The minimum atomic E-state index is -0.778. The van der Waals surface area contributed by atoms with Gasteiger partial charge in [-0.3, -0.25) is 0 Å². The Morgan fingerprint density at radius 2 is 2.33 bits per heavy atom. The third-order valence-electron chi connectivity index (χ3n) is 2.59. The number of ether oxygens (including phenoxy) is 2. The van der Waals surface area contributed by atoms with E-state index in [1.807, 2.05) is 18.4 Å². The molecule has 1 unspecified atom stereocenters. The minimum absolute atomic E-state index is 0.345. The first-order chi connectivity index (χ1) is 10.1. The normalized spacial score (nSPS) is 11.5. The quantitative estimate of drug-likeness (QED) is 0.794. The number of thiazole rings is 1. The van der Waals surface area contributed by atoms with E-state index in [1.165, 1.54) is 6.92 Å². The molecule has 0 radical (unpaired) electrons. The molecular formula is C15H14N2O3S. The maximum absolute atomic E-state index is 11.8. The smallest absolute Gasteiger partial charge is 0.339 e. The average molecular weight is 302 g/mol. The van der Waals surface area contributed by atoms with E-state index in [0.29, 0.717) is 17.9 Å². The van der Waals surface area contributed by atoms with Crippen LogP contribution in [0.5, 0.6) is 5.75 Å². The molecule has 1 aromatic carbocycles. The van der Waals surface area contributed by atoms with E-state index in [1.54, 1.807) is 35.6 Å². The van der Waals surface area contributed by atoms with Gasteiger partial charge in [0.25, 0.3) is 0 Å². The van der Waals surface area contributed by atoms with Crippen LogP contribution in [0, 0.1) is 18.3 Å². The summed E-state index contributed by atoms with van der Waals surface area (Å²) < 4.78 is 10.5. The van der Waals surface area contributed by atoms with Gasteiger partial charge in [-0.2, -0.15) is 5.26 Å². The van der Waals surface area contributed by atoms with Crippen LogP contribution in [-0.2, 0) is 11.3 Å². The number of aryl methyl sites for hydroxylation is 1. The number of rotatable bonds is 5. The van der Waals surface area contributed by atoms with Gasteiger partial charge in [-0.25, -0.2) is 9.78 Å². The first kappa shape index (κ1) is 15.0. The van der Waals surface area contributed by atoms with E-state index < -0.39 is 12.1 Å². The highest BCUT2D eigenvalue weighted by atomic mass is 32.1. The fourth-order valence-corrected chi connectivity index (χ4v) is 2.20. The Balaban J connectivity index is 2.00. The maximum Gasteiger partial charge on any atom is 0.339 e. The van der Waals surface area contributed by atoms with Crippen molar-refractivity contribution in [3.05, 3.63) is 45.9 Å². The van der Waals surface area contributed by atoms with Crippen molar-refractivity contribution in [2.45, 2.75) is 26.6 Å². The molecule has 0 aliphatic heterocycles. The molecule has 1 atom stereocenters. The van der Waals surface area contributed by atoms with E-state index in [4.69, 9.17) is 14.7 Å². The Kier molecular flexibility index (Phi) is 4.90. The monoisotopic (exact) mass is 302 g/mol. The van der Waals surface area contributed by atoms with Crippen molar-refractivity contribution in [2.75, 3.05) is 0 Å². The van der Waals surface area contributed by atoms with Crippen molar-refractivity contribution in [2.24, 2.45) is 0 Å². The molecule has 1 heterocycles. The fraction of sp³-hybridized carbons (Fsp3) is 0.267. The van der Waals surface area contributed by atoms with Gasteiger partial charge in [0.1, 0.15) is 18.4 Å². The standard InChI is InChI=1S/C15H14N2O3S/c1-10(7-16)20-15(18)12-4-3-5-14(6-12)19-8-13-9-21-11(2)17-13/h3-6,9-10H,8H2,1-2H3. The highest BCUT2D eigenvalue weighted by Crippen LogP contribution is 2.17. The number of nitriles is 1. The SMILES string of the molecule is Cc1nc(COc2cccc(C(=O)OC(C)C#N)c2)cs1. The van der Waals surface area contributed by atoms with Gasteiger partial charge in [0.05, 0.1) is 16.3 Å². The maximum atomic E-state index is 11.8. The van der Waals surface area contributed by atoms with E-state index in [2.05, 4.69) is 4.98 Å². The molecule has 0 aliphatic carbocycles. The summed E-state index contributed by atoms with van der Waals surface area (Å²) >= 11 is 1.56. The Hall–Kier alpha value is -2.39. The summed E-state index contributed by atoms with van der Waals surface area (Å²) in [5, 5.41) is 11.6. The first-order valence-electron chi connectivity index (χ1n) is 6.33. The number of hydrogen-bond donors (Lipinski definition) is 0. The fourth-order valence-electron chi connectivity index (χ4n) is 1.60. The van der Waals surface area contributed by atoms with E-state index >= 15 is 0 Å². The van der Waals surface area contributed by atoms with Crippen LogP contribution in [-0.4, -0.2) is 17.1 Å². The lowest BCUT2D eigenvalue weighted by Gasteiger charge is -2.08. The highest BCUT2D eigenvalue weighted by Gasteiger charge is 2.12. The van der Waals surface area contributed by atoms with Crippen LogP contribution in [0.2, 0.25) is 0 Å². The van der Waals surface area contributed by atoms with Gasteiger partial charge in [-0.1, -0.05) is 6.07 Å². The van der Waals surface area contributed by atoms with Crippen molar-refractivity contribution in [1.82, 2.24) is 4.98 Å². The van der Waals surface area contributed by atoms with Crippen molar-refractivity contribution in [3.63, 3.8) is 0 Å². The molecule has 5 nitrogen and oxygen atoms in total. The number of aromatic nitrogens is 1. The lowest BCUT2D eigenvalue weighted by atomic mass is 10.2. The van der Waals surface area contributed by atoms with Crippen LogP contribution in [0.1, 0.15) is 28.0 Å². The molecule has 21 heavy (non-hydrogen) atoms. The third-order valence-corrected chi connectivity index (χ3v) is 3.41. The number of hydrogen-bond acceptors (Lipinski definition) is 6. The zero-order valence-electron chi connectivity index (χ0n) is 11.7. The summed E-state index contributed by atoms with van der Waals surface area (Å²) in [4.78, 5) is 16.1. The third kappa shape index (κ3) is 4.29. The summed E-state index contributed by atoms with van der Waals surface area (Å²) in [6.07, 6.45) is -0.778. The lowest BCUT2D eigenvalue weighted by molar-refractivity contribution is 0.0435. The molecule has 0 amide bonds. The summed E-state index contributed by atoms with van der Waals surface area (Å²) in [6, 6.07) is 8.51. The molecule has 2 rings (SSSR count). The van der Waals surface area contributed by atoms with Gasteiger partial charge in [0.2, 0.25) is 0 Å². The zero-order chi connectivity index (χ0) is 15.2. The number of nitrogens with zero attached hydrogens (tertiary/aromatic N) is 2. The van der Waals surface area contributed by atoms with Crippen LogP contribution in [0.15, 0.2) is 29.6 Å². The Labute approximate surface area is 126 Å². The molecule has 0 aliphatic rings. The van der Waals surface area contributed by atoms with Gasteiger partial charge in [0, 0.05) is 5.38 Å². The van der Waals surface area contributed by atoms with Crippen LogP contribution < -0.4 is 4.74 Å². The van der Waals surface area contributed by atoms with Crippen LogP contribution >= 0.6 is 11.3 Å². The van der Waals surface area contributed by atoms with Gasteiger partial charge in [-0.05, 0) is 32.0 Å². The molecule has 0 N–H and O–H groups in total. The molecule has 6 heteroatoms. The second-order valence-electron chi connectivity index (χ2n) is 4.35. The van der Waals surface area contributed by atoms with E-state index in [0.717, 1.165) is 10.7 Å². The summed E-state index contributed by atoms with van der Waals surface area (Å²) in [5.41, 5.74) is 1.20. The molecule has 0 bridgehead atoms. The van der Waals surface area contributed by atoms with Gasteiger partial charge in [-0.15, -0.1) is 11.3 Å². The van der Waals surface area contributed by atoms with Crippen molar-refractivity contribution in [1.29, 1.82) is 5.26 Å². The molecule has 2 aromatic rings. The molecule has 0 saturated carbocycles. The predicted octanol–water partition coefficient (Wildman–Crippen LogP) is 3.10. The first-order valence-corrected chi connectivity index (χ1v) is 7.21. The Morgan fingerprint density at radius 3 is 3.00 bits per heavy atom. The molecular weight excluding hydrogens is 288 g/mol. The van der Waals surface area contributed by atoms with E-state index in [9.17, 15) is 4.79 Å². The van der Waals surface area contributed by atoms with Crippen LogP contribution in [0.3, 0.4) is 0 Å². The van der Waals surface area contributed by atoms with Crippen molar-refractivity contribution >= 4 is 17.3 Å². The number of esters is 1. The number of benzene rings is 1. The lowest BCUT2D eigenvalue weighted by Crippen LogP contribution is -2.13. The Morgan fingerprint density at radius 1 is 1.52 bits per heavy atom. The summed E-state index contributed by atoms with van der Waals surface area (Å²) in [6.45, 7) is 3.79. The topological polar surface area (TPSA) is 72.2 Å². The van der Waals surface area contributed by atoms with Crippen molar-refractivity contribution < 1.29 is 14.3 Å². The number of carbonyl (C=O) groups excluding carboxylic acids is 1. The second kappa shape index (κ2) is 6.86. The molecule has 0 saturated heterocycles. The van der Waals surface area contributed by atoms with Crippen molar-refractivity contribution in [3.8, 4) is 11.8 Å². The Bertz CT molecular complexity index is 676. The minimum Gasteiger partial charge on any atom is -0.487 e. The summed E-state index contributed by atoms with van der Waals surface area (Å²) in [7, 11) is 0. The zero-order valence-corrected chi connectivity index (χ0v) is 12.5. The van der Waals surface area contributed by atoms with Gasteiger partial charge < -0.3 is 9.47 Å². The predicted molar refractivity (Wildman–Crippen MR) is 78.1 cm³/mol. The van der Waals surface area contributed by atoms with E-state index in [-0.39, 0.29) is 0 Å². The van der Waals surface area contributed by atoms with Gasteiger partial charge >= 0.3 is 5.97 Å². The summed E-state index contributed by atoms with van der Waals surface area (Å²) in [5.74, 6) is 0.0127. The average Bonchev–Trinajstić information content (AvgIpc) is 2.91. The molecule has 0 spiro atoms. The highest BCUT2D eigenvalue weighted by molar-refractivity contribution is 7.09. The largest absolute Gasteiger partial charge is 0.487 e. The molecule has 108 valence electrons. The second-order valence-corrected chi connectivity index (χ2v) is 5.41. The van der Waals surface area contributed by atoms with Gasteiger partial charge in [0.15, 0.2) is 6.10 Å². The molecule has 0 fully saturated rings. The van der Waals surface area contributed by atoms with Crippen LogP contribution in [0.4, 0.5) is 0 Å². The van der Waals surface area contributed by atoms with Crippen LogP contribution in [0.25, 0.3) is 0 Å². The number of carbonyl (C=O) groups is 1.